The summed E-state index contributed by atoms with van der Waals surface area (Å²) in [5, 5.41) is 0. The third kappa shape index (κ3) is 2.37. The average Bonchev–Trinajstić information content (AvgIpc) is 2.96. The molecular weight excluding hydrogens is 254 g/mol. The molecule has 0 spiro atoms. The first kappa shape index (κ1) is 13.3. The molecule has 0 aromatic carbocycles. The number of esters is 1. The molecule has 1 saturated heterocycles. The number of aryl methyl sites for hydroxylation is 1. The summed E-state index contributed by atoms with van der Waals surface area (Å²) in [4.78, 5) is 23.2. The van der Waals surface area contributed by atoms with E-state index in [0.29, 0.717) is 6.61 Å². The van der Waals surface area contributed by atoms with E-state index < -0.39 is 0 Å². The molecule has 0 radical (unpaired) electrons. The molecule has 5 heteroatoms. The van der Waals surface area contributed by atoms with Gasteiger partial charge in [-0.25, -0.2) is 14.8 Å². The van der Waals surface area contributed by atoms with Crippen molar-refractivity contribution in [1.29, 1.82) is 0 Å². The maximum absolute atomic E-state index is 12.2. The van der Waals surface area contributed by atoms with Gasteiger partial charge in [-0.3, -0.25) is 0 Å². The Balaban J connectivity index is 1.90. The molecule has 2 heterocycles. The van der Waals surface area contributed by atoms with Crippen molar-refractivity contribution in [3.05, 3.63) is 17.6 Å². The van der Waals surface area contributed by atoms with Crippen molar-refractivity contribution in [3.63, 3.8) is 0 Å². The smallest absolute Gasteiger partial charge is 0.328 e. The number of anilines is 1. The van der Waals surface area contributed by atoms with Crippen LogP contribution < -0.4 is 4.90 Å². The third-order valence-electron chi connectivity index (χ3n) is 4.19. The second-order valence-corrected chi connectivity index (χ2v) is 5.43. The lowest BCUT2D eigenvalue weighted by atomic mass is 10.0. The lowest BCUT2D eigenvalue weighted by molar-refractivity contribution is -0.145. The van der Waals surface area contributed by atoms with Gasteiger partial charge in [-0.2, -0.15) is 0 Å². The summed E-state index contributed by atoms with van der Waals surface area (Å²) >= 11 is 0. The van der Waals surface area contributed by atoms with Crippen LogP contribution in [0.25, 0.3) is 0 Å². The molecule has 0 bridgehead atoms. The molecule has 0 N–H and O–H groups in total. The lowest BCUT2D eigenvalue weighted by Gasteiger charge is -2.35. The van der Waals surface area contributed by atoms with Crippen molar-refractivity contribution in [3.8, 4) is 0 Å². The zero-order chi connectivity index (χ0) is 13.9. The standard InChI is InChI=1S/C15H21N3O2/c1-2-20-15(19)13-8-3-4-9-18(13)14-11-6-5-7-12(11)16-10-17-14/h10,13H,2-9H2,1H3. The predicted octanol–water partition coefficient (Wildman–Crippen LogP) is 1.89. The number of carbonyl (C=O) groups excluding carboxylic acids is 1. The maximum atomic E-state index is 12.2. The van der Waals surface area contributed by atoms with Gasteiger partial charge in [-0.15, -0.1) is 0 Å². The van der Waals surface area contributed by atoms with Crippen molar-refractivity contribution in [1.82, 2.24) is 9.97 Å². The monoisotopic (exact) mass is 275 g/mol. The molecule has 1 aromatic rings. The Morgan fingerprint density at radius 3 is 3.10 bits per heavy atom. The maximum Gasteiger partial charge on any atom is 0.328 e. The number of hydrogen-bond donors (Lipinski definition) is 0. The van der Waals surface area contributed by atoms with Gasteiger partial charge in [0.05, 0.1) is 6.61 Å². The third-order valence-corrected chi connectivity index (χ3v) is 4.19. The van der Waals surface area contributed by atoms with Crippen molar-refractivity contribution >= 4 is 11.8 Å². The van der Waals surface area contributed by atoms with Crippen LogP contribution in [0, 0.1) is 0 Å². The fourth-order valence-corrected chi connectivity index (χ4v) is 3.26. The molecule has 2 aliphatic rings. The second-order valence-electron chi connectivity index (χ2n) is 5.43. The van der Waals surface area contributed by atoms with Crippen LogP contribution in [0.5, 0.6) is 0 Å². The number of fused-ring (bicyclic) bond motifs is 1. The highest BCUT2D eigenvalue weighted by Gasteiger charge is 2.33. The Labute approximate surface area is 119 Å². The highest BCUT2D eigenvalue weighted by atomic mass is 16.5. The van der Waals surface area contributed by atoms with Crippen LogP contribution in [-0.4, -0.2) is 35.1 Å². The largest absolute Gasteiger partial charge is 0.464 e. The molecule has 108 valence electrons. The van der Waals surface area contributed by atoms with Gasteiger partial charge in [0, 0.05) is 17.8 Å². The summed E-state index contributed by atoms with van der Waals surface area (Å²) in [5.74, 6) is 0.850. The number of carbonyl (C=O) groups is 1. The number of piperidine rings is 1. The topological polar surface area (TPSA) is 55.3 Å². The van der Waals surface area contributed by atoms with Crippen LogP contribution >= 0.6 is 0 Å². The first-order chi connectivity index (χ1) is 9.81. The van der Waals surface area contributed by atoms with Crippen molar-refractivity contribution in [2.45, 2.75) is 51.5 Å². The highest BCUT2D eigenvalue weighted by molar-refractivity contribution is 5.80. The van der Waals surface area contributed by atoms with E-state index in [-0.39, 0.29) is 12.0 Å². The molecule has 1 aliphatic carbocycles. The number of rotatable bonds is 3. The molecule has 1 fully saturated rings. The molecule has 1 aliphatic heterocycles. The Bertz CT molecular complexity index is 504. The number of aromatic nitrogens is 2. The summed E-state index contributed by atoms with van der Waals surface area (Å²) in [5.41, 5.74) is 2.40. The molecule has 3 rings (SSSR count). The second kappa shape index (κ2) is 5.77. The van der Waals surface area contributed by atoms with Gasteiger partial charge in [0.2, 0.25) is 0 Å². The molecule has 0 amide bonds. The van der Waals surface area contributed by atoms with Crippen LogP contribution in [0.3, 0.4) is 0 Å². The van der Waals surface area contributed by atoms with E-state index in [9.17, 15) is 4.79 Å². The van der Waals surface area contributed by atoms with Gasteiger partial charge in [0.15, 0.2) is 0 Å². The molecule has 1 atom stereocenters. The molecule has 20 heavy (non-hydrogen) atoms. The van der Waals surface area contributed by atoms with E-state index in [1.807, 2.05) is 6.92 Å². The van der Waals surface area contributed by atoms with E-state index in [4.69, 9.17) is 4.74 Å². The zero-order valence-electron chi connectivity index (χ0n) is 12.0. The Hall–Kier alpha value is -1.65. The van der Waals surface area contributed by atoms with Crippen LogP contribution in [0.4, 0.5) is 5.82 Å². The summed E-state index contributed by atoms with van der Waals surface area (Å²) in [6.45, 7) is 3.17. The van der Waals surface area contributed by atoms with Gasteiger partial charge < -0.3 is 9.64 Å². The number of hydrogen-bond acceptors (Lipinski definition) is 5. The summed E-state index contributed by atoms with van der Waals surface area (Å²) in [7, 11) is 0. The fourth-order valence-electron chi connectivity index (χ4n) is 3.26. The van der Waals surface area contributed by atoms with E-state index in [1.54, 1.807) is 6.33 Å². The quantitative estimate of drug-likeness (QED) is 0.788. The van der Waals surface area contributed by atoms with E-state index >= 15 is 0 Å². The van der Waals surface area contributed by atoms with Gasteiger partial charge in [0.1, 0.15) is 18.2 Å². The van der Waals surface area contributed by atoms with Crippen LogP contribution in [-0.2, 0) is 22.4 Å². The minimum Gasteiger partial charge on any atom is -0.464 e. The van der Waals surface area contributed by atoms with Gasteiger partial charge in [0.25, 0.3) is 0 Å². The minimum absolute atomic E-state index is 0.113. The van der Waals surface area contributed by atoms with E-state index in [1.165, 1.54) is 5.56 Å². The van der Waals surface area contributed by atoms with Crippen LogP contribution in [0.1, 0.15) is 43.9 Å². The minimum atomic E-state index is -0.178. The highest BCUT2D eigenvalue weighted by Crippen LogP contribution is 2.32. The summed E-state index contributed by atoms with van der Waals surface area (Å²) in [6.07, 6.45) is 7.87. The van der Waals surface area contributed by atoms with E-state index in [0.717, 1.165) is 56.6 Å². The number of ether oxygens (including phenoxy) is 1. The first-order valence-electron chi connectivity index (χ1n) is 7.57. The Morgan fingerprint density at radius 1 is 1.35 bits per heavy atom. The van der Waals surface area contributed by atoms with Gasteiger partial charge >= 0.3 is 5.97 Å². The Kier molecular flexibility index (Phi) is 3.85. The molecule has 0 saturated carbocycles. The van der Waals surface area contributed by atoms with E-state index in [2.05, 4.69) is 14.9 Å². The fraction of sp³-hybridized carbons (Fsp3) is 0.667. The lowest BCUT2D eigenvalue weighted by Crippen LogP contribution is -2.46. The Morgan fingerprint density at radius 2 is 2.25 bits per heavy atom. The molecular formula is C15H21N3O2. The molecule has 1 aromatic heterocycles. The van der Waals surface area contributed by atoms with Crippen LogP contribution in [0.2, 0.25) is 0 Å². The zero-order valence-corrected chi connectivity index (χ0v) is 12.0. The summed E-state index contributed by atoms with van der Waals surface area (Å²) in [6, 6.07) is -0.178. The number of nitrogens with zero attached hydrogens (tertiary/aromatic N) is 3. The van der Waals surface area contributed by atoms with Gasteiger partial charge in [-0.05, 0) is 45.4 Å². The SMILES string of the molecule is CCOC(=O)C1CCCCN1c1ncnc2c1CCC2. The average molecular weight is 275 g/mol. The van der Waals surface area contributed by atoms with Crippen molar-refractivity contribution < 1.29 is 9.53 Å². The first-order valence-corrected chi connectivity index (χ1v) is 7.57. The van der Waals surface area contributed by atoms with Crippen molar-refractivity contribution in [2.75, 3.05) is 18.1 Å². The normalized spacial score (nSPS) is 21.6. The molecule has 1 unspecified atom stereocenters. The summed E-state index contributed by atoms with van der Waals surface area (Å²) < 4.78 is 5.23. The van der Waals surface area contributed by atoms with Gasteiger partial charge in [-0.1, -0.05) is 0 Å². The predicted molar refractivity (Wildman–Crippen MR) is 75.7 cm³/mol. The van der Waals surface area contributed by atoms with Crippen LogP contribution in [0.15, 0.2) is 6.33 Å². The molecule has 5 nitrogen and oxygen atoms in total. The van der Waals surface area contributed by atoms with Crippen molar-refractivity contribution in [2.24, 2.45) is 0 Å².